The van der Waals surface area contributed by atoms with Crippen LogP contribution in [0, 0.1) is 0 Å². The van der Waals surface area contributed by atoms with Gasteiger partial charge in [0.2, 0.25) is 0 Å². The summed E-state index contributed by atoms with van der Waals surface area (Å²) in [6.45, 7) is 0.759. The number of methoxy groups -OCH3 is 1. The predicted octanol–water partition coefficient (Wildman–Crippen LogP) is 0.699. The van der Waals surface area contributed by atoms with Gasteiger partial charge in [-0.05, 0) is 14.1 Å². The Hall–Kier alpha value is -0.540. The lowest BCUT2D eigenvalue weighted by molar-refractivity contribution is -0.134. The van der Waals surface area contributed by atoms with Crippen molar-refractivity contribution in [2.75, 3.05) is 27.7 Å². The summed E-state index contributed by atoms with van der Waals surface area (Å²) in [4.78, 5) is 12.4. The summed E-state index contributed by atoms with van der Waals surface area (Å²) in [5, 5.41) is 0. The van der Waals surface area contributed by atoms with Crippen LogP contribution in [-0.2, 0) is 9.53 Å². The van der Waals surface area contributed by atoms with Crippen LogP contribution in [0.2, 0.25) is 0 Å². The fourth-order valence-electron chi connectivity index (χ4n) is 0.428. The van der Waals surface area contributed by atoms with E-state index in [1.807, 2.05) is 19.0 Å². The summed E-state index contributed by atoms with van der Waals surface area (Å²) in [5.74, 6) is -0.304. The Balaban J connectivity index is 0. The lowest BCUT2D eigenvalue weighted by Crippen LogP contribution is -2.11. The molecule has 0 heterocycles. The van der Waals surface area contributed by atoms with E-state index in [4.69, 9.17) is 0 Å². The number of halogens is 1. The third-order valence-electron chi connectivity index (χ3n) is 0.926. The molecular formula is C7H14ClNO2. The van der Waals surface area contributed by atoms with Gasteiger partial charge in [-0.15, -0.1) is 12.4 Å². The maximum atomic E-state index is 10.5. The molecule has 3 nitrogen and oxygen atoms in total. The van der Waals surface area contributed by atoms with Gasteiger partial charge in [0, 0.05) is 12.6 Å². The van der Waals surface area contributed by atoms with E-state index in [0.717, 1.165) is 6.54 Å². The first-order valence-electron chi connectivity index (χ1n) is 3.06. The van der Waals surface area contributed by atoms with E-state index in [1.165, 1.54) is 13.2 Å². The van der Waals surface area contributed by atoms with Gasteiger partial charge in [-0.25, -0.2) is 4.79 Å². The summed E-state index contributed by atoms with van der Waals surface area (Å²) in [6.07, 6.45) is 3.17. The van der Waals surface area contributed by atoms with Crippen LogP contribution in [0.15, 0.2) is 12.2 Å². The number of nitrogens with zero attached hydrogens (tertiary/aromatic N) is 1. The number of esters is 1. The highest BCUT2D eigenvalue weighted by molar-refractivity contribution is 5.85. The summed E-state index contributed by atoms with van der Waals surface area (Å²) in [6, 6.07) is 0. The third-order valence-corrected chi connectivity index (χ3v) is 0.926. The Kier molecular flexibility index (Phi) is 9.00. The van der Waals surface area contributed by atoms with Gasteiger partial charge in [-0.2, -0.15) is 0 Å². The van der Waals surface area contributed by atoms with Crippen molar-refractivity contribution >= 4 is 18.4 Å². The fourth-order valence-corrected chi connectivity index (χ4v) is 0.428. The Morgan fingerprint density at radius 1 is 1.55 bits per heavy atom. The standard InChI is InChI=1S/C7H13NO2.ClH/c1-8(2)6-4-5-7(9)10-3;/h4-5H,6H2,1-3H3;1H/b5-4+;. The molecule has 0 amide bonds. The highest BCUT2D eigenvalue weighted by Gasteiger charge is 1.89. The van der Waals surface area contributed by atoms with Crippen LogP contribution < -0.4 is 0 Å². The maximum absolute atomic E-state index is 10.5. The van der Waals surface area contributed by atoms with E-state index in [1.54, 1.807) is 6.08 Å². The molecule has 0 aliphatic carbocycles. The molecule has 11 heavy (non-hydrogen) atoms. The summed E-state index contributed by atoms with van der Waals surface area (Å²) in [7, 11) is 5.23. The Morgan fingerprint density at radius 2 is 2.09 bits per heavy atom. The van der Waals surface area contributed by atoms with Crippen molar-refractivity contribution in [3.05, 3.63) is 12.2 Å². The molecule has 0 unspecified atom stereocenters. The molecule has 0 saturated heterocycles. The summed E-state index contributed by atoms with van der Waals surface area (Å²) >= 11 is 0. The van der Waals surface area contributed by atoms with Crippen LogP contribution in [-0.4, -0.2) is 38.6 Å². The third kappa shape index (κ3) is 9.46. The quantitative estimate of drug-likeness (QED) is 0.472. The fraction of sp³-hybridized carbons (Fsp3) is 0.571. The van der Waals surface area contributed by atoms with Gasteiger partial charge < -0.3 is 9.64 Å². The summed E-state index contributed by atoms with van der Waals surface area (Å²) in [5.41, 5.74) is 0. The first-order valence-corrected chi connectivity index (χ1v) is 3.06. The molecule has 0 radical (unpaired) electrons. The molecule has 0 aromatic heterocycles. The molecule has 0 spiro atoms. The molecule has 0 rings (SSSR count). The second kappa shape index (κ2) is 7.57. The monoisotopic (exact) mass is 179 g/mol. The predicted molar refractivity (Wildman–Crippen MR) is 47.0 cm³/mol. The number of hydrogen-bond acceptors (Lipinski definition) is 3. The minimum absolute atomic E-state index is 0. The zero-order chi connectivity index (χ0) is 7.98. The van der Waals surface area contributed by atoms with E-state index in [-0.39, 0.29) is 18.4 Å². The Bertz CT molecular complexity index is 134. The van der Waals surface area contributed by atoms with E-state index in [2.05, 4.69) is 4.74 Å². The minimum atomic E-state index is -0.304. The lowest BCUT2D eigenvalue weighted by Gasteiger charge is -2.02. The molecule has 0 saturated carbocycles. The molecule has 4 heteroatoms. The molecule has 0 fully saturated rings. The van der Waals surface area contributed by atoms with E-state index in [0.29, 0.717) is 0 Å². The van der Waals surface area contributed by atoms with Crippen molar-refractivity contribution in [2.24, 2.45) is 0 Å². The summed E-state index contributed by atoms with van der Waals surface area (Å²) < 4.78 is 4.39. The van der Waals surface area contributed by atoms with Gasteiger partial charge in [0.05, 0.1) is 7.11 Å². The van der Waals surface area contributed by atoms with Crippen molar-refractivity contribution in [1.29, 1.82) is 0 Å². The van der Waals surface area contributed by atoms with E-state index in [9.17, 15) is 4.79 Å². The van der Waals surface area contributed by atoms with E-state index >= 15 is 0 Å². The first kappa shape index (κ1) is 13.1. The number of rotatable bonds is 3. The van der Waals surface area contributed by atoms with Crippen molar-refractivity contribution in [1.82, 2.24) is 4.90 Å². The molecule has 0 bridgehead atoms. The molecule has 0 aromatic carbocycles. The SMILES string of the molecule is COC(=O)/C=C/CN(C)C.Cl. The van der Waals surface area contributed by atoms with Crippen LogP contribution in [0.1, 0.15) is 0 Å². The number of hydrogen-bond donors (Lipinski definition) is 0. The highest BCUT2D eigenvalue weighted by atomic mass is 35.5. The molecule has 0 aliphatic rings. The number of ether oxygens (including phenoxy) is 1. The average Bonchev–Trinajstić information content (AvgIpc) is 1.87. The number of likely N-dealkylation sites (N-methyl/N-ethyl adjacent to an activating group) is 1. The van der Waals surface area contributed by atoms with Gasteiger partial charge in [-0.3, -0.25) is 0 Å². The molecule has 0 atom stereocenters. The topological polar surface area (TPSA) is 29.5 Å². The molecule has 66 valence electrons. The van der Waals surface area contributed by atoms with Gasteiger partial charge in [-0.1, -0.05) is 6.08 Å². The largest absolute Gasteiger partial charge is 0.466 e. The van der Waals surface area contributed by atoms with Crippen molar-refractivity contribution in [3.8, 4) is 0 Å². The van der Waals surface area contributed by atoms with Crippen LogP contribution in [0.4, 0.5) is 0 Å². The molecular weight excluding hydrogens is 166 g/mol. The van der Waals surface area contributed by atoms with Crippen molar-refractivity contribution in [2.45, 2.75) is 0 Å². The molecule has 0 N–H and O–H groups in total. The van der Waals surface area contributed by atoms with Gasteiger partial charge >= 0.3 is 5.97 Å². The second-order valence-electron chi connectivity index (χ2n) is 2.19. The van der Waals surface area contributed by atoms with Crippen LogP contribution in [0.5, 0.6) is 0 Å². The van der Waals surface area contributed by atoms with Crippen LogP contribution in [0.25, 0.3) is 0 Å². The van der Waals surface area contributed by atoms with Gasteiger partial charge in [0.1, 0.15) is 0 Å². The maximum Gasteiger partial charge on any atom is 0.330 e. The molecule has 0 aromatic rings. The number of carbonyl (C=O) groups is 1. The Morgan fingerprint density at radius 3 is 2.45 bits per heavy atom. The number of carbonyl (C=O) groups excluding carboxylic acids is 1. The first-order chi connectivity index (χ1) is 4.66. The van der Waals surface area contributed by atoms with Crippen molar-refractivity contribution < 1.29 is 9.53 Å². The average molecular weight is 180 g/mol. The normalized spacial score (nSPS) is 9.82. The zero-order valence-electron chi connectivity index (χ0n) is 7.03. The smallest absolute Gasteiger partial charge is 0.330 e. The lowest BCUT2D eigenvalue weighted by atomic mass is 10.5. The van der Waals surface area contributed by atoms with E-state index < -0.39 is 0 Å². The van der Waals surface area contributed by atoms with Crippen molar-refractivity contribution in [3.63, 3.8) is 0 Å². The van der Waals surface area contributed by atoms with Crippen LogP contribution in [0.3, 0.4) is 0 Å². The highest BCUT2D eigenvalue weighted by Crippen LogP contribution is 1.79. The second-order valence-corrected chi connectivity index (χ2v) is 2.19. The minimum Gasteiger partial charge on any atom is -0.466 e. The van der Waals surface area contributed by atoms with Gasteiger partial charge in [0.15, 0.2) is 0 Å². The van der Waals surface area contributed by atoms with Gasteiger partial charge in [0.25, 0.3) is 0 Å². The Labute approximate surface area is 73.4 Å². The molecule has 0 aliphatic heterocycles. The zero-order valence-corrected chi connectivity index (χ0v) is 7.85. The van der Waals surface area contributed by atoms with Crippen LogP contribution >= 0.6 is 12.4 Å².